The lowest BCUT2D eigenvalue weighted by Crippen LogP contribution is -2.41. The second-order valence-corrected chi connectivity index (χ2v) is 7.38. The summed E-state index contributed by atoms with van der Waals surface area (Å²) < 4.78 is 0. The Labute approximate surface area is 149 Å². The van der Waals surface area contributed by atoms with E-state index in [4.69, 9.17) is 23.2 Å². The number of nitrogens with one attached hydrogen (secondary N) is 1. The van der Waals surface area contributed by atoms with Crippen molar-refractivity contribution >= 4 is 29.1 Å². The summed E-state index contributed by atoms with van der Waals surface area (Å²) in [5.74, 6) is 0.499. The van der Waals surface area contributed by atoms with Gasteiger partial charge in [-0.15, -0.1) is 0 Å². The van der Waals surface area contributed by atoms with Crippen molar-refractivity contribution in [2.45, 2.75) is 37.1 Å². The van der Waals surface area contributed by atoms with E-state index in [0.717, 1.165) is 18.4 Å². The van der Waals surface area contributed by atoms with Gasteiger partial charge in [0, 0.05) is 36.7 Å². The van der Waals surface area contributed by atoms with Crippen molar-refractivity contribution in [3.05, 3.63) is 45.7 Å². The average molecular weight is 366 g/mol. The average Bonchev–Trinajstić information content (AvgIpc) is 3.20. The number of hydrogen-bond acceptors (Lipinski definition) is 3. The molecule has 0 bridgehead atoms. The number of amides is 1. The van der Waals surface area contributed by atoms with Crippen LogP contribution < -0.4 is 0 Å². The van der Waals surface area contributed by atoms with Crippen LogP contribution in [0.2, 0.25) is 10.0 Å². The highest BCUT2D eigenvalue weighted by molar-refractivity contribution is 6.42. The first-order valence-corrected chi connectivity index (χ1v) is 8.75. The van der Waals surface area contributed by atoms with Gasteiger partial charge in [-0.05, 0) is 36.5 Å². The molecule has 0 spiro atoms. The molecule has 2 aliphatic rings. The fourth-order valence-corrected chi connectivity index (χ4v) is 4.56. The van der Waals surface area contributed by atoms with Crippen molar-refractivity contribution in [1.82, 2.24) is 15.1 Å². The lowest BCUT2D eigenvalue weighted by atomic mass is 9.85. The van der Waals surface area contributed by atoms with Crippen LogP contribution in [0.15, 0.2) is 24.5 Å². The first-order valence-electron chi connectivity index (χ1n) is 7.99. The highest BCUT2D eigenvalue weighted by Gasteiger charge is 2.43. The fraction of sp³-hybridized carbons (Fsp3) is 0.412. The highest BCUT2D eigenvalue weighted by Crippen LogP contribution is 2.46. The minimum absolute atomic E-state index is 0.00764. The number of carbonyl (C=O) groups excluding carboxylic acids is 1. The van der Waals surface area contributed by atoms with Crippen LogP contribution in [0.3, 0.4) is 0 Å². The number of aromatic nitrogens is 2. The molecule has 24 heavy (non-hydrogen) atoms. The fourth-order valence-electron chi connectivity index (χ4n) is 4.08. The number of H-pyrrole nitrogens is 1. The molecule has 1 aromatic carbocycles. The number of phenolic OH excluding ortho intramolecular Hbond substituents is 1. The van der Waals surface area contributed by atoms with E-state index in [9.17, 15) is 9.90 Å². The third kappa shape index (κ3) is 2.56. The van der Waals surface area contributed by atoms with Gasteiger partial charge in [0.1, 0.15) is 5.75 Å². The molecule has 0 radical (unpaired) electrons. The van der Waals surface area contributed by atoms with Crippen molar-refractivity contribution in [2.24, 2.45) is 0 Å². The molecule has 2 aliphatic heterocycles. The zero-order valence-corrected chi connectivity index (χ0v) is 14.4. The van der Waals surface area contributed by atoms with Crippen LogP contribution >= 0.6 is 23.2 Å². The Morgan fingerprint density at radius 2 is 2.04 bits per heavy atom. The van der Waals surface area contributed by atoms with Crippen molar-refractivity contribution < 1.29 is 9.90 Å². The van der Waals surface area contributed by atoms with E-state index < -0.39 is 0 Å². The summed E-state index contributed by atoms with van der Waals surface area (Å²) in [6, 6.07) is 3.31. The zero-order chi connectivity index (χ0) is 16.8. The number of phenols is 1. The van der Waals surface area contributed by atoms with Crippen molar-refractivity contribution in [1.29, 1.82) is 0 Å². The predicted molar refractivity (Wildman–Crippen MR) is 91.5 cm³/mol. The third-order valence-corrected chi connectivity index (χ3v) is 6.04. The molecule has 2 aromatic rings. The Balaban J connectivity index is 1.60. The number of benzene rings is 1. The Morgan fingerprint density at radius 3 is 2.79 bits per heavy atom. The van der Waals surface area contributed by atoms with Crippen LogP contribution in [-0.2, 0) is 4.79 Å². The Hall–Kier alpha value is -1.72. The second kappa shape index (κ2) is 5.97. The molecule has 7 heteroatoms. The largest absolute Gasteiger partial charge is 0.508 e. The maximum atomic E-state index is 12.6. The minimum Gasteiger partial charge on any atom is -0.508 e. The molecule has 0 aliphatic carbocycles. The number of aromatic amines is 1. The molecular weight excluding hydrogens is 349 g/mol. The molecule has 3 atom stereocenters. The number of nitrogens with zero attached hydrogens (tertiary/aromatic N) is 2. The topological polar surface area (TPSA) is 69.2 Å². The molecule has 0 saturated carbocycles. The first-order chi connectivity index (χ1) is 11.5. The summed E-state index contributed by atoms with van der Waals surface area (Å²) in [5.41, 5.74) is 1.74. The summed E-state index contributed by atoms with van der Waals surface area (Å²) >= 11 is 12.4. The number of halogens is 2. The maximum absolute atomic E-state index is 12.6. The lowest BCUT2D eigenvalue weighted by molar-refractivity contribution is -0.135. The van der Waals surface area contributed by atoms with Crippen LogP contribution in [-0.4, -0.2) is 38.7 Å². The molecule has 126 valence electrons. The van der Waals surface area contributed by atoms with Gasteiger partial charge in [-0.3, -0.25) is 9.89 Å². The van der Waals surface area contributed by atoms with E-state index in [2.05, 4.69) is 10.2 Å². The van der Waals surface area contributed by atoms with Gasteiger partial charge >= 0.3 is 0 Å². The van der Waals surface area contributed by atoms with Gasteiger partial charge < -0.3 is 10.0 Å². The Kier molecular flexibility index (Phi) is 3.93. The van der Waals surface area contributed by atoms with Crippen molar-refractivity contribution in [2.75, 3.05) is 6.54 Å². The highest BCUT2D eigenvalue weighted by atomic mass is 35.5. The molecule has 2 N–H and O–H groups in total. The summed E-state index contributed by atoms with van der Waals surface area (Å²) in [6.07, 6.45) is 5.84. The number of piperidine rings is 1. The third-order valence-electron chi connectivity index (χ3n) is 5.22. The maximum Gasteiger partial charge on any atom is 0.223 e. The number of hydrogen-bond donors (Lipinski definition) is 2. The lowest BCUT2D eigenvalue weighted by Gasteiger charge is -2.34. The van der Waals surface area contributed by atoms with Crippen LogP contribution in [0, 0.1) is 0 Å². The van der Waals surface area contributed by atoms with Crippen molar-refractivity contribution in [3.8, 4) is 5.75 Å². The van der Waals surface area contributed by atoms with E-state index in [-0.39, 0.29) is 29.5 Å². The summed E-state index contributed by atoms with van der Waals surface area (Å²) in [6.45, 7) is 0.579. The van der Waals surface area contributed by atoms with E-state index in [1.807, 2.05) is 11.1 Å². The number of aromatic hydroxyl groups is 1. The Morgan fingerprint density at radius 1 is 1.25 bits per heavy atom. The van der Waals surface area contributed by atoms with Gasteiger partial charge in [-0.2, -0.15) is 5.10 Å². The minimum atomic E-state index is 0.00764. The van der Waals surface area contributed by atoms with Crippen LogP contribution in [0.4, 0.5) is 0 Å². The molecule has 0 unspecified atom stereocenters. The van der Waals surface area contributed by atoms with E-state index in [1.165, 1.54) is 0 Å². The van der Waals surface area contributed by atoms with E-state index in [1.54, 1.807) is 18.3 Å². The molecule has 4 rings (SSSR count). The van der Waals surface area contributed by atoms with Gasteiger partial charge in [0.15, 0.2) is 0 Å². The summed E-state index contributed by atoms with van der Waals surface area (Å²) in [7, 11) is 0. The van der Waals surface area contributed by atoms with Gasteiger partial charge in [-0.1, -0.05) is 23.2 Å². The van der Waals surface area contributed by atoms with Gasteiger partial charge in [0.05, 0.1) is 16.2 Å². The predicted octanol–water partition coefficient (Wildman–Crippen LogP) is 3.68. The Bertz CT molecular complexity index is 778. The normalized spacial score (nSPS) is 26.7. The van der Waals surface area contributed by atoms with Crippen LogP contribution in [0.25, 0.3) is 0 Å². The van der Waals surface area contributed by atoms with E-state index >= 15 is 0 Å². The quantitative estimate of drug-likeness (QED) is 0.852. The molecular formula is C17H17Cl2N3O2. The molecule has 5 nitrogen and oxygen atoms in total. The first kappa shape index (κ1) is 15.8. The SMILES string of the molecule is O=C1C[C@H](c2cn[nH]c2)C[C@@H]2C[C@H](c3c(O)ccc(Cl)c3Cl)CN12. The number of fused-ring (bicyclic) bond motifs is 1. The summed E-state index contributed by atoms with van der Waals surface area (Å²) in [4.78, 5) is 14.5. The molecule has 1 amide bonds. The summed E-state index contributed by atoms with van der Waals surface area (Å²) in [5, 5.41) is 17.8. The smallest absolute Gasteiger partial charge is 0.223 e. The standard InChI is InChI=1S/C17H17Cl2N3O2/c18-13-1-2-14(23)16(17(13)19)10-4-12-3-9(11-6-20-21-7-11)5-15(24)22(12)8-10/h1-2,6-7,9-10,12,23H,3-5,8H2,(H,20,21)/t9-,10+,12-/m1/s1. The molecule has 2 saturated heterocycles. The van der Waals surface area contributed by atoms with Gasteiger partial charge in [0.2, 0.25) is 5.91 Å². The molecule has 3 heterocycles. The number of carbonyl (C=O) groups is 1. The van der Waals surface area contributed by atoms with Crippen molar-refractivity contribution in [3.63, 3.8) is 0 Å². The molecule has 1 aromatic heterocycles. The second-order valence-electron chi connectivity index (χ2n) is 6.60. The monoisotopic (exact) mass is 365 g/mol. The number of rotatable bonds is 2. The van der Waals surface area contributed by atoms with Crippen LogP contribution in [0.5, 0.6) is 5.75 Å². The van der Waals surface area contributed by atoms with Gasteiger partial charge in [0.25, 0.3) is 0 Å². The zero-order valence-electron chi connectivity index (χ0n) is 12.9. The van der Waals surface area contributed by atoms with Crippen LogP contribution in [0.1, 0.15) is 42.2 Å². The molecule has 2 fully saturated rings. The van der Waals surface area contributed by atoms with E-state index in [0.29, 0.717) is 28.6 Å². The van der Waals surface area contributed by atoms with Gasteiger partial charge in [-0.25, -0.2) is 0 Å².